The van der Waals surface area contributed by atoms with Crippen LogP contribution in [0.3, 0.4) is 0 Å². The van der Waals surface area contributed by atoms with Crippen LogP contribution in [0.2, 0.25) is 5.02 Å². The molecule has 3 heterocycles. The van der Waals surface area contributed by atoms with E-state index in [2.05, 4.69) is 25.9 Å². The smallest absolute Gasteiger partial charge is 0.310 e. The van der Waals surface area contributed by atoms with Gasteiger partial charge in [0, 0.05) is 23.4 Å². The number of ether oxygens (including phenoxy) is 1. The van der Waals surface area contributed by atoms with Crippen molar-refractivity contribution in [1.82, 2.24) is 25.3 Å². The first-order valence-corrected chi connectivity index (χ1v) is 15.2. The summed E-state index contributed by atoms with van der Waals surface area (Å²) in [6, 6.07) is 13.2. The summed E-state index contributed by atoms with van der Waals surface area (Å²) in [7, 11) is 0. The van der Waals surface area contributed by atoms with Crippen LogP contribution in [0.1, 0.15) is 73.5 Å². The summed E-state index contributed by atoms with van der Waals surface area (Å²) in [6.07, 6.45) is 3.20. The minimum atomic E-state index is -0.666. The second-order valence-corrected chi connectivity index (χ2v) is 11.8. The van der Waals surface area contributed by atoms with Gasteiger partial charge in [0.2, 0.25) is 5.91 Å². The van der Waals surface area contributed by atoms with Crippen molar-refractivity contribution < 1.29 is 23.5 Å². The Hall–Kier alpha value is -4.64. The van der Waals surface area contributed by atoms with Crippen molar-refractivity contribution in [3.05, 3.63) is 88.2 Å². The van der Waals surface area contributed by atoms with Crippen molar-refractivity contribution in [2.75, 3.05) is 5.32 Å². The molecule has 2 N–H and O–H groups in total. The number of nitrogens with one attached hydrogen (secondary N) is 2. The molecule has 1 aliphatic rings. The Morgan fingerprint density at radius 3 is 2.76 bits per heavy atom. The molecule has 2 atom stereocenters. The highest BCUT2D eigenvalue weighted by atomic mass is 35.5. The van der Waals surface area contributed by atoms with E-state index >= 15 is 0 Å². The van der Waals surface area contributed by atoms with Crippen LogP contribution >= 0.6 is 11.6 Å². The molecule has 0 unspecified atom stereocenters. The number of amides is 2. The van der Waals surface area contributed by atoms with Crippen LogP contribution in [0.4, 0.5) is 10.1 Å². The van der Waals surface area contributed by atoms with Gasteiger partial charge in [-0.05, 0) is 75.1 Å². The van der Waals surface area contributed by atoms with Crippen molar-refractivity contribution in [2.45, 2.75) is 65.5 Å². The normalized spacial score (nSPS) is 16.6. The Bertz CT molecular complexity index is 1760. The number of anilines is 1. The molecule has 2 aromatic carbocycles. The lowest BCUT2D eigenvalue weighted by Crippen LogP contribution is -2.30. The maximum absolute atomic E-state index is 14.7. The quantitative estimate of drug-likeness (QED) is 0.244. The fourth-order valence-corrected chi connectivity index (χ4v) is 5.46. The number of aromatic nitrogens is 4. The van der Waals surface area contributed by atoms with E-state index in [9.17, 15) is 18.8 Å². The van der Waals surface area contributed by atoms with Gasteiger partial charge in [-0.25, -0.2) is 9.07 Å². The maximum atomic E-state index is 14.7. The summed E-state index contributed by atoms with van der Waals surface area (Å²) >= 11 is 5.95. The number of hydrogen-bond donors (Lipinski definition) is 2. The second-order valence-electron chi connectivity index (χ2n) is 11.4. The average Bonchev–Trinajstić information content (AvgIpc) is 3.38. The average molecular weight is 633 g/mol. The summed E-state index contributed by atoms with van der Waals surface area (Å²) in [4.78, 5) is 43.6. The van der Waals surface area contributed by atoms with Gasteiger partial charge < -0.3 is 15.4 Å². The molecule has 10 nitrogen and oxygen atoms in total. The Morgan fingerprint density at radius 2 is 1.98 bits per heavy atom. The summed E-state index contributed by atoms with van der Waals surface area (Å²) in [5.41, 5.74) is 3.89. The van der Waals surface area contributed by atoms with E-state index in [0.717, 1.165) is 11.1 Å². The third kappa shape index (κ3) is 7.20. The van der Waals surface area contributed by atoms with Gasteiger partial charge in [0.15, 0.2) is 11.5 Å². The maximum Gasteiger partial charge on any atom is 0.310 e. The van der Waals surface area contributed by atoms with Crippen LogP contribution in [0, 0.1) is 18.7 Å². The Labute approximate surface area is 265 Å². The molecule has 0 spiro atoms. The van der Waals surface area contributed by atoms with Crippen LogP contribution in [0.25, 0.3) is 16.8 Å². The summed E-state index contributed by atoms with van der Waals surface area (Å²) < 4.78 is 21.2. The van der Waals surface area contributed by atoms with Gasteiger partial charge in [-0.2, -0.15) is 0 Å². The highest BCUT2D eigenvalue weighted by Gasteiger charge is 2.25. The first-order chi connectivity index (χ1) is 21.5. The molecule has 2 amide bonds. The minimum Gasteiger partial charge on any atom is -0.463 e. The molecule has 0 saturated carbocycles. The first-order valence-electron chi connectivity index (χ1n) is 14.8. The highest BCUT2D eigenvalue weighted by Crippen LogP contribution is 2.33. The second kappa shape index (κ2) is 13.6. The molecule has 0 radical (unpaired) electrons. The zero-order valence-corrected chi connectivity index (χ0v) is 26.2. The van der Waals surface area contributed by atoms with Crippen LogP contribution in [-0.4, -0.2) is 43.9 Å². The standard InChI is InChI=1S/C33H34ClFN6O4/c1-18(2)45-29(42)16-21-11-12-23-22-13-14-36-27(17-22)25(9-5-7-19(3)32(43)38-26(23)15-21)37-33(44)31-20(4)41(40-39-31)28-10-6-8-24(34)30(28)35/h6,8,10-15,17-19,25H,5,7,9,16H2,1-4H3,(H,37,44)(H,38,43)/t19-,25+/m1/s1. The van der Waals surface area contributed by atoms with Gasteiger partial charge in [-0.1, -0.05) is 48.4 Å². The molecule has 4 aromatic rings. The van der Waals surface area contributed by atoms with E-state index in [1.54, 1.807) is 39.1 Å². The lowest BCUT2D eigenvalue weighted by atomic mass is 9.94. The lowest BCUT2D eigenvalue weighted by molar-refractivity contribution is -0.146. The number of pyridine rings is 1. The third-order valence-electron chi connectivity index (χ3n) is 7.66. The number of fused-ring (bicyclic) bond motifs is 4. The molecule has 2 bridgehead atoms. The number of esters is 1. The number of carbonyl (C=O) groups is 3. The van der Waals surface area contributed by atoms with E-state index in [0.29, 0.717) is 41.9 Å². The molecule has 1 aliphatic heterocycles. The SMILES string of the molecule is Cc1c(C(=O)N[C@H]2CCC[C@@H](C)C(=O)Nc3cc(CC(=O)OC(C)C)ccc3-c3ccnc2c3)nnn1-c1cccc(Cl)c1F. The predicted molar refractivity (Wildman–Crippen MR) is 168 cm³/mol. The molecule has 0 saturated heterocycles. The van der Waals surface area contributed by atoms with Gasteiger partial charge in [0.1, 0.15) is 5.69 Å². The Balaban J connectivity index is 1.46. The van der Waals surface area contributed by atoms with Crippen LogP contribution in [-0.2, 0) is 20.7 Å². The number of nitrogens with zero attached hydrogens (tertiary/aromatic N) is 4. The van der Waals surface area contributed by atoms with Gasteiger partial charge in [0.05, 0.1) is 35.0 Å². The monoisotopic (exact) mass is 632 g/mol. The molecule has 5 rings (SSSR count). The third-order valence-corrected chi connectivity index (χ3v) is 7.95. The van der Waals surface area contributed by atoms with Crippen LogP contribution in [0.15, 0.2) is 54.7 Å². The number of halogens is 2. The zero-order valence-electron chi connectivity index (χ0n) is 25.4. The molecule has 45 heavy (non-hydrogen) atoms. The van der Waals surface area contributed by atoms with Crippen molar-refractivity contribution >= 4 is 35.1 Å². The van der Waals surface area contributed by atoms with Crippen molar-refractivity contribution in [3.63, 3.8) is 0 Å². The number of hydrogen-bond acceptors (Lipinski definition) is 7. The molecular formula is C33H34ClFN6O4. The van der Waals surface area contributed by atoms with Gasteiger partial charge in [0.25, 0.3) is 5.91 Å². The lowest BCUT2D eigenvalue weighted by Gasteiger charge is -2.22. The molecule has 234 valence electrons. The molecule has 12 heteroatoms. The van der Waals surface area contributed by atoms with Crippen LogP contribution in [0.5, 0.6) is 0 Å². The van der Waals surface area contributed by atoms with Gasteiger partial charge >= 0.3 is 5.97 Å². The zero-order chi connectivity index (χ0) is 32.2. The molecule has 2 aromatic heterocycles. The fourth-order valence-electron chi connectivity index (χ4n) is 5.29. The molecule has 0 fully saturated rings. The molecular weight excluding hydrogens is 599 g/mol. The largest absolute Gasteiger partial charge is 0.463 e. The number of benzene rings is 2. The predicted octanol–water partition coefficient (Wildman–Crippen LogP) is 6.15. The minimum absolute atomic E-state index is 0.0401. The summed E-state index contributed by atoms with van der Waals surface area (Å²) in [5, 5.41) is 14.1. The summed E-state index contributed by atoms with van der Waals surface area (Å²) in [5.74, 6) is -1.97. The van der Waals surface area contributed by atoms with E-state index in [1.165, 1.54) is 16.8 Å². The highest BCUT2D eigenvalue weighted by molar-refractivity contribution is 6.30. The van der Waals surface area contributed by atoms with Crippen molar-refractivity contribution in [1.29, 1.82) is 0 Å². The van der Waals surface area contributed by atoms with E-state index in [-0.39, 0.29) is 46.7 Å². The van der Waals surface area contributed by atoms with Crippen LogP contribution < -0.4 is 10.6 Å². The first kappa shape index (κ1) is 31.8. The van der Waals surface area contributed by atoms with Crippen molar-refractivity contribution in [3.8, 4) is 16.8 Å². The number of rotatable bonds is 6. The Kier molecular flexibility index (Phi) is 9.57. The fraction of sp³-hybridized carbons (Fsp3) is 0.333. The van der Waals surface area contributed by atoms with Crippen molar-refractivity contribution in [2.24, 2.45) is 5.92 Å². The van der Waals surface area contributed by atoms with Gasteiger partial charge in [-0.15, -0.1) is 5.10 Å². The van der Waals surface area contributed by atoms with E-state index in [1.807, 2.05) is 31.2 Å². The van der Waals surface area contributed by atoms with E-state index in [4.69, 9.17) is 16.3 Å². The summed E-state index contributed by atoms with van der Waals surface area (Å²) in [6.45, 7) is 7.07. The Morgan fingerprint density at radius 1 is 1.18 bits per heavy atom. The van der Waals surface area contributed by atoms with Gasteiger partial charge in [-0.3, -0.25) is 19.4 Å². The topological polar surface area (TPSA) is 128 Å². The van der Waals surface area contributed by atoms with E-state index < -0.39 is 17.8 Å². The molecule has 0 aliphatic carbocycles. The number of carbonyl (C=O) groups excluding carboxylic acids is 3.